The summed E-state index contributed by atoms with van der Waals surface area (Å²) in [6.45, 7) is 5.24. The van der Waals surface area contributed by atoms with Gasteiger partial charge < -0.3 is 15.2 Å². The third kappa shape index (κ3) is 4.57. The number of aryl methyl sites for hydroxylation is 3. The minimum Gasteiger partial charge on any atom is -0.364 e. The number of hydrogen-bond acceptors (Lipinski definition) is 7. The van der Waals surface area contributed by atoms with E-state index in [-0.39, 0.29) is 17.3 Å². The van der Waals surface area contributed by atoms with Gasteiger partial charge in [-0.05, 0) is 31.9 Å². The molecule has 0 saturated heterocycles. The molecule has 3 rings (SSSR count). The Hall–Kier alpha value is -3.49. The molecule has 0 aliphatic rings. The first-order chi connectivity index (χ1) is 13.0. The molecule has 0 radical (unpaired) electrons. The quantitative estimate of drug-likeness (QED) is 0.356. The Balaban J connectivity index is 1.74. The number of anilines is 3. The van der Waals surface area contributed by atoms with Crippen molar-refractivity contribution >= 4 is 23.0 Å². The second-order valence-electron chi connectivity index (χ2n) is 6.20. The predicted octanol–water partition coefficient (Wildman–Crippen LogP) is 3.44. The number of nitrogens with one attached hydrogen (secondary N) is 2. The molecule has 0 saturated carbocycles. The van der Waals surface area contributed by atoms with Crippen LogP contribution in [0.15, 0.2) is 43.2 Å². The molecular weight excluding hydrogens is 346 g/mol. The molecule has 2 N–H and O–H groups in total. The maximum atomic E-state index is 11.6. The smallest absolute Gasteiger partial charge is 0.353 e. The summed E-state index contributed by atoms with van der Waals surface area (Å²) in [6.07, 6.45) is 7.42. The lowest BCUT2D eigenvalue weighted by Gasteiger charge is -2.12. The lowest BCUT2D eigenvalue weighted by molar-refractivity contribution is -0.383. The van der Waals surface area contributed by atoms with E-state index in [0.717, 1.165) is 29.8 Å². The van der Waals surface area contributed by atoms with E-state index in [9.17, 15) is 10.1 Å². The highest BCUT2D eigenvalue weighted by molar-refractivity contribution is 5.74. The topological polar surface area (TPSA) is 111 Å². The van der Waals surface area contributed by atoms with Gasteiger partial charge in [-0.1, -0.05) is 17.7 Å². The Morgan fingerprint density at radius 1 is 1.22 bits per heavy atom. The summed E-state index contributed by atoms with van der Waals surface area (Å²) in [5.41, 5.74) is 2.71. The molecule has 3 aromatic rings. The number of nitrogens with zero attached hydrogens (tertiary/aromatic N) is 5. The van der Waals surface area contributed by atoms with Gasteiger partial charge in [-0.25, -0.2) is 15.0 Å². The largest absolute Gasteiger partial charge is 0.364 e. The van der Waals surface area contributed by atoms with Gasteiger partial charge in [0.25, 0.3) is 0 Å². The summed E-state index contributed by atoms with van der Waals surface area (Å²) in [6, 6.07) is 5.83. The summed E-state index contributed by atoms with van der Waals surface area (Å²) >= 11 is 0. The zero-order chi connectivity index (χ0) is 19.2. The minimum atomic E-state index is -0.468. The van der Waals surface area contributed by atoms with Gasteiger partial charge in [0.05, 0.1) is 11.3 Å². The summed E-state index contributed by atoms with van der Waals surface area (Å²) in [4.78, 5) is 23.3. The van der Waals surface area contributed by atoms with Crippen molar-refractivity contribution in [2.75, 3.05) is 17.2 Å². The van der Waals surface area contributed by atoms with Crippen LogP contribution in [0.25, 0.3) is 0 Å². The van der Waals surface area contributed by atoms with Crippen LogP contribution in [0.5, 0.6) is 0 Å². The van der Waals surface area contributed by atoms with E-state index in [2.05, 4.69) is 25.6 Å². The van der Waals surface area contributed by atoms with Crippen LogP contribution in [-0.2, 0) is 6.54 Å². The van der Waals surface area contributed by atoms with Crippen LogP contribution in [0.3, 0.4) is 0 Å². The second kappa shape index (κ2) is 8.26. The van der Waals surface area contributed by atoms with Crippen molar-refractivity contribution in [3.8, 4) is 0 Å². The first kappa shape index (κ1) is 18.3. The summed E-state index contributed by atoms with van der Waals surface area (Å²) in [5, 5.41) is 17.7. The lowest BCUT2D eigenvalue weighted by Crippen LogP contribution is -2.11. The molecule has 140 valence electrons. The maximum absolute atomic E-state index is 11.6. The Kier molecular flexibility index (Phi) is 5.60. The van der Waals surface area contributed by atoms with Gasteiger partial charge >= 0.3 is 5.69 Å². The molecule has 0 bridgehead atoms. The van der Waals surface area contributed by atoms with E-state index in [4.69, 9.17) is 0 Å². The lowest BCUT2D eigenvalue weighted by atomic mass is 10.1. The fraction of sp³-hybridized carbons (Fsp3) is 0.278. The van der Waals surface area contributed by atoms with Crippen molar-refractivity contribution in [2.45, 2.75) is 26.8 Å². The highest BCUT2D eigenvalue weighted by Gasteiger charge is 2.23. The molecular formula is C18H21N7O2. The molecule has 2 aromatic heterocycles. The average molecular weight is 367 g/mol. The first-order valence-corrected chi connectivity index (χ1v) is 8.58. The van der Waals surface area contributed by atoms with Gasteiger partial charge in [0.1, 0.15) is 6.33 Å². The summed E-state index contributed by atoms with van der Waals surface area (Å²) in [5.74, 6) is 0.368. The molecule has 0 atom stereocenters. The SMILES string of the molecule is Cc1ccc(Nc2ncnc(NCCCn3ccnc3)c2[N+](=O)[O-])c(C)c1. The molecule has 2 heterocycles. The van der Waals surface area contributed by atoms with Gasteiger partial charge in [-0.3, -0.25) is 10.1 Å². The fourth-order valence-corrected chi connectivity index (χ4v) is 2.74. The molecule has 0 aliphatic heterocycles. The molecule has 0 fully saturated rings. The molecule has 0 unspecified atom stereocenters. The third-order valence-corrected chi connectivity index (χ3v) is 4.08. The van der Waals surface area contributed by atoms with Crippen molar-refractivity contribution in [2.24, 2.45) is 0 Å². The summed E-state index contributed by atoms with van der Waals surface area (Å²) < 4.78 is 1.95. The van der Waals surface area contributed by atoms with Gasteiger partial charge in [-0.2, -0.15) is 0 Å². The van der Waals surface area contributed by atoms with Crippen molar-refractivity contribution in [3.05, 3.63) is 64.5 Å². The van der Waals surface area contributed by atoms with Crippen LogP contribution in [0.1, 0.15) is 17.5 Å². The van der Waals surface area contributed by atoms with Crippen molar-refractivity contribution < 1.29 is 4.92 Å². The summed E-state index contributed by atoms with van der Waals surface area (Å²) in [7, 11) is 0. The van der Waals surface area contributed by atoms with Gasteiger partial charge in [0.2, 0.25) is 11.6 Å². The number of benzene rings is 1. The Morgan fingerprint density at radius 3 is 2.74 bits per heavy atom. The Morgan fingerprint density at radius 2 is 2.04 bits per heavy atom. The van der Waals surface area contributed by atoms with Crippen molar-refractivity contribution in [1.29, 1.82) is 0 Å². The predicted molar refractivity (Wildman–Crippen MR) is 103 cm³/mol. The molecule has 0 amide bonds. The van der Waals surface area contributed by atoms with Crippen LogP contribution in [0.2, 0.25) is 0 Å². The zero-order valence-electron chi connectivity index (χ0n) is 15.2. The third-order valence-electron chi connectivity index (χ3n) is 4.08. The molecule has 0 spiro atoms. The number of aromatic nitrogens is 4. The molecule has 27 heavy (non-hydrogen) atoms. The van der Waals surface area contributed by atoms with Crippen LogP contribution in [0.4, 0.5) is 23.0 Å². The zero-order valence-corrected chi connectivity index (χ0v) is 15.2. The van der Waals surface area contributed by atoms with Crippen LogP contribution in [0, 0.1) is 24.0 Å². The van der Waals surface area contributed by atoms with E-state index in [0.29, 0.717) is 6.54 Å². The van der Waals surface area contributed by atoms with Crippen molar-refractivity contribution in [3.63, 3.8) is 0 Å². The highest BCUT2D eigenvalue weighted by Crippen LogP contribution is 2.32. The Bertz CT molecular complexity index is 925. The molecule has 0 aliphatic carbocycles. The number of hydrogen-bond donors (Lipinski definition) is 2. The van der Waals surface area contributed by atoms with Gasteiger partial charge in [-0.15, -0.1) is 0 Å². The van der Waals surface area contributed by atoms with Crippen LogP contribution >= 0.6 is 0 Å². The van der Waals surface area contributed by atoms with Crippen molar-refractivity contribution in [1.82, 2.24) is 19.5 Å². The van der Waals surface area contributed by atoms with E-state index >= 15 is 0 Å². The van der Waals surface area contributed by atoms with Crippen LogP contribution < -0.4 is 10.6 Å². The Labute approximate surface area is 156 Å². The standard InChI is InChI=1S/C18H21N7O2/c1-13-4-5-15(14(2)10-13)23-18-16(25(26)27)17(21-11-22-18)20-6-3-8-24-9-7-19-12-24/h4-5,7,9-12H,3,6,8H2,1-2H3,(H2,20,21,22,23). The van der Waals surface area contributed by atoms with E-state index in [1.807, 2.05) is 42.8 Å². The van der Waals surface area contributed by atoms with E-state index in [1.54, 1.807) is 12.5 Å². The molecule has 1 aromatic carbocycles. The average Bonchev–Trinajstić information content (AvgIpc) is 3.14. The minimum absolute atomic E-state index is 0.166. The second-order valence-corrected chi connectivity index (χ2v) is 6.20. The number of rotatable bonds is 8. The van der Waals surface area contributed by atoms with Gasteiger partial charge in [0.15, 0.2) is 0 Å². The van der Waals surface area contributed by atoms with Crippen LogP contribution in [-0.4, -0.2) is 31.0 Å². The number of nitro groups is 1. The van der Waals surface area contributed by atoms with Gasteiger partial charge in [0, 0.05) is 31.2 Å². The first-order valence-electron chi connectivity index (χ1n) is 8.58. The molecule has 9 nitrogen and oxygen atoms in total. The monoisotopic (exact) mass is 367 g/mol. The molecule has 9 heteroatoms. The van der Waals surface area contributed by atoms with E-state index in [1.165, 1.54) is 6.33 Å². The normalized spacial score (nSPS) is 10.6. The fourth-order valence-electron chi connectivity index (χ4n) is 2.74. The highest BCUT2D eigenvalue weighted by atomic mass is 16.6. The van der Waals surface area contributed by atoms with E-state index < -0.39 is 4.92 Å². The number of imidazole rings is 1. The maximum Gasteiger partial charge on any atom is 0.353 e.